The summed E-state index contributed by atoms with van der Waals surface area (Å²) in [5.41, 5.74) is 2.26. The van der Waals surface area contributed by atoms with Gasteiger partial charge in [-0.05, 0) is 29.7 Å². The van der Waals surface area contributed by atoms with Crippen molar-refractivity contribution < 1.29 is 4.79 Å². The third-order valence-corrected chi connectivity index (χ3v) is 4.03. The molecule has 2 N–H and O–H groups in total. The van der Waals surface area contributed by atoms with E-state index in [1.807, 2.05) is 48.5 Å². The number of rotatable bonds is 2. The number of urea groups is 1. The van der Waals surface area contributed by atoms with Crippen LogP contribution in [0, 0.1) is 0 Å². The van der Waals surface area contributed by atoms with E-state index in [1.165, 1.54) is 0 Å². The lowest BCUT2D eigenvalue weighted by Crippen LogP contribution is -2.46. The van der Waals surface area contributed by atoms with Crippen LogP contribution in [0.4, 0.5) is 4.79 Å². The van der Waals surface area contributed by atoms with Crippen LogP contribution in [0.3, 0.4) is 0 Å². The first-order valence-electron chi connectivity index (χ1n) is 6.60. The molecular formula is C16H15BrN2O. The predicted octanol–water partition coefficient (Wildman–Crippen LogP) is 3.93. The van der Waals surface area contributed by atoms with Gasteiger partial charge in [-0.2, -0.15) is 0 Å². The molecule has 4 heteroatoms. The average molecular weight is 331 g/mol. The summed E-state index contributed by atoms with van der Waals surface area (Å²) in [5.74, 6) is 0. The van der Waals surface area contributed by atoms with Crippen molar-refractivity contribution in [2.75, 3.05) is 0 Å². The van der Waals surface area contributed by atoms with Crippen molar-refractivity contribution in [1.29, 1.82) is 0 Å². The van der Waals surface area contributed by atoms with Gasteiger partial charge < -0.3 is 10.6 Å². The first-order valence-corrected chi connectivity index (χ1v) is 7.39. The van der Waals surface area contributed by atoms with Gasteiger partial charge in [-0.1, -0.05) is 58.4 Å². The number of benzene rings is 2. The molecule has 0 spiro atoms. The van der Waals surface area contributed by atoms with Gasteiger partial charge in [0.15, 0.2) is 0 Å². The molecule has 2 aromatic rings. The predicted molar refractivity (Wildman–Crippen MR) is 82.4 cm³/mol. The zero-order chi connectivity index (χ0) is 13.9. The first kappa shape index (κ1) is 13.2. The molecule has 2 atom stereocenters. The molecule has 1 aliphatic rings. The van der Waals surface area contributed by atoms with Gasteiger partial charge in [-0.15, -0.1) is 0 Å². The minimum absolute atomic E-state index is 0.0338. The van der Waals surface area contributed by atoms with Gasteiger partial charge in [0, 0.05) is 4.47 Å². The fourth-order valence-corrected chi connectivity index (χ4v) is 2.98. The monoisotopic (exact) mass is 330 g/mol. The fourth-order valence-electron chi connectivity index (χ4n) is 2.56. The summed E-state index contributed by atoms with van der Waals surface area (Å²) < 4.78 is 1.03. The van der Waals surface area contributed by atoms with Crippen LogP contribution < -0.4 is 10.6 Å². The lowest BCUT2D eigenvalue weighted by atomic mass is 9.93. The molecule has 20 heavy (non-hydrogen) atoms. The van der Waals surface area contributed by atoms with Crippen LogP contribution in [-0.4, -0.2) is 6.03 Å². The summed E-state index contributed by atoms with van der Waals surface area (Å²) in [7, 11) is 0. The third-order valence-electron chi connectivity index (χ3n) is 3.54. The smallest absolute Gasteiger partial charge is 0.315 e. The van der Waals surface area contributed by atoms with Crippen LogP contribution in [0.15, 0.2) is 59.1 Å². The van der Waals surface area contributed by atoms with Crippen molar-refractivity contribution in [3.63, 3.8) is 0 Å². The van der Waals surface area contributed by atoms with E-state index in [0.717, 1.165) is 22.0 Å². The van der Waals surface area contributed by atoms with E-state index in [1.54, 1.807) is 0 Å². The summed E-state index contributed by atoms with van der Waals surface area (Å²) in [5, 5.41) is 5.97. The van der Waals surface area contributed by atoms with Gasteiger partial charge >= 0.3 is 6.03 Å². The van der Waals surface area contributed by atoms with Crippen molar-refractivity contribution in [3.05, 3.63) is 70.2 Å². The second kappa shape index (κ2) is 5.67. The highest BCUT2D eigenvalue weighted by atomic mass is 79.9. The standard InChI is InChI=1S/C16H15BrN2O/c17-13-8-4-7-12(9-13)15-10-14(18-16(20)19-15)11-5-2-1-3-6-11/h1-9,14-15H,10H2,(H2,18,19,20). The molecule has 2 unspecified atom stereocenters. The molecule has 3 nitrogen and oxygen atoms in total. The Bertz CT molecular complexity index is 615. The van der Waals surface area contributed by atoms with Gasteiger partial charge in [-0.3, -0.25) is 0 Å². The minimum Gasteiger partial charge on any atom is -0.331 e. The van der Waals surface area contributed by atoms with Crippen LogP contribution >= 0.6 is 15.9 Å². The summed E-state index contributed by atoms with van der Waals surface area (Å²) in [6.07, 6.45) is 0.839. The van der Waals surface area contributed by atoms with E-state index in [0.29, 0.717) is 0 Å². The van der Waals surface area contributed by atoms with Crippen LogP contribution in [0.25, 0.3) is 0 Å². The van der Waals surface area contributed by atoms with Gasteiger partial charge in [0.2, 0.25) is 0 Å². The van der Waals surface area contributed by atoms with Crippen molar-refractivity contribution in [3.8, 4) is 0 Å². The molecule has 2 amide bonds. The molecule has 0 saturated carbocycles. The Balaban J connectivity index is 1.85. The van der Waals surface area contributed by atoms with Crippen molar-refractivity contribution in [1.82, 2.24) is 10.6 Å². The number of hydrogen-bond donors (Lipinski definition) is 2. The summed E-state index contributed by atoms with van der Waals surface area (Å²) in [6.45, 7) is 0. The largest absolute Gasteiger partial charge is 0.331 e. The van der Waals surface area contributed by atoms with E-state index < -0.39 is 0 Å². The molecule has 1 aliphatic heterocycles. The number of carbonyl (C=O) groups is 1. The van der Waals surface area contributed by atoms with Crippen LogP contribution in [0.5, 0.6) is 0 Å². The topological polar surface area (TPSA) is 41.1 Å². The van der Waals surface area contributed by atoms with E-state index in [-0.39, 0.29) is 18.1 Å². The quantitative estimate of drug-likeness (QED) is 0.860. The number of hydrogen-bond acceptors (Lipinski definition) is 1. The average Bonchev–Trinajstić information content (AvgIpc) is 2.47. The lowest BCUT2D eigenvalue weighted by Gasteiger charge is -2.32. The molecule has 2 aromatic carbocycles. The van der Waals surface area contributed by atoms with Crippen molar-refractivity contribution in [2.24, 2.45) is 0 Å². The maximum atomic E-state index is 11.9. The van der Waals surface area contributed by atoms with Gasteiger partial charge in [0.25, 0.3) is 0 Å². The Morgan fingerprint density at radius 3 is 2.25 bits per heavy atom. The third kappa shape index (κ3) is 2.85. The van der Waals surface area contributed by atoms with E-state index >= 15 is 0 Å². The highest BCUT2D eigenvalue weighted by Gasteiger charge is 2.27. The van der Waals surface area contributed by atoms with E-state index in [4.69, 9.17) is 0 Å². The highest BCUT2D eigenvalue weighted by Crippen LogP contribution is 2.30. The Hall–Kier alpha value is -1.81. The number of nitrogens with one attached hydrogen (secondary N) is 2. The Labute approximate surface area is 126 Å². The summed E-state index contributed by atoms with van der Waals surface area (Å²) in [6, 6.07) is 18.1. The molecule has 3 rings (SSSR count). The van der Waals surface area contributed by atoms with Crippen molar-refractivity contribution >= 4 is 22.0 Å². The first-order chi connectivity index (χ1) is 9.72. The summed E-state index contributed by atoms with van der Waals surface area (Å²) in [4.78, 5) is 11.9. The molecular weight excluding hydrogens is 316 g/mol. The Morgan fingerprint density at radius 1 is 0.900 bits per heavy atom. The molecule has 1 heterocycles. The fraction of sp³-hybridized carbons (Fsp3) is 0.188. The normalized spacial score (nSPS) is 21.9. The number of amides is 2. The minimum atomic E-state index is -0.116. The van der Waals surface area contributed by atoms with Crippen LogP contribution in [0.2, 0.25) is 0 Å². The van der Waals surface area contributed by atoms with Crippen molar-refractivity contribution in [2.45, 2.75) is 18.5 Å². The molecule has 1 fully saturated rings. The summed E-state index contributed by atoms with van der Waals surface area (Å²) >= 11 is 3.48. The molecule has 0 aliphatic carbocycles. The van der Waals surface area contributed by atoms with E-state index in [2.05, 4.69) is 32.6 Å². The Kier molecular flexibility index (Phi) is 3.74. The number of halogens is 1. The molecule has 1 saturated heterocycles. The highest BCUT2D eigenvalue weighted by molar-refractivity contribution is 9.10. The zero-order valence-electron chi connectivity index (χ0n) is 10.8. The van der Waals surface area contributed by atoms with Gasteiger partial charge in [-0.25, -0.2) is 4.79 Å². The van der Waals surface area contributed by atoms with Crippen LogP contribution in [0.1, 0.15) is 29.6 Å². The second-order valence-corrected chi connectivity index (χ2v) is 5.84. The molecule has 102 valence electrons. The van der Waals surface area contributed by atoms with Gasteiger partial charge in [0.05, 0.1) is 12.1 Å². The Morgan fingerprint density at radius 2 is 1.55 bits per heavy atom. The SMILES string of the molecule is O=C1NC(c2ccccc2)CC(c2cccc(Br)c2)N1. The maximum absolute atomic E-state index is 11.9. The van der Waals surface area contributed by atoms with Crippen LogP contribution in [-0.2, 0) is 0 Å². The van der Waals surface area contributed by atoms with E-state index in [9.17, 15) is 4.79 Å². The molecule has 0 aromatic heterocycles. The van der Waals surface area contributed by atoms with Gasteiger partial charge in [0.1, 0.15) is 0 Å². The molecule has 0 radical (unpaired) electrons. The zero-order valence-corrected chi connectivity index (χ0v) is 12.4. The maximum Gasteiger partial charge on any atom is 0.315 e. The molecule has 0 bridgehead atoms. The second-order valence-electron chi connectivity index (χ2n) is 4.92. The lowest BCUT2D eigenvalue weighted by molar-refractivity contribution is 0.219. The number of carbonyl (C=O) groups excluding carboxylic acids is 1.